The number of carbonyl (C=O) groups excluding carboxylic acids is 3. The second-order valence-corrected chi connectivity index (χ2v) is 16.9. The van der Waals surface area contributed by atoms with Crippen molar-refractivity contribution in [2.45, 2.75) is 60.6 Å². The first kappa shape index (κ1) is 34.9. The Bertz CT molecular complexity index is 1930. The van der Waals surface area contributed by atoms with Crippen LogP contribution in [0.2, 0.25) is 5.02 Å². The third kappa shape index (κ3) is 6.88. The molecule has 266 valence electrons. The van der Waals surface area contributed by atoms with E-state index < -0.39 is 28.0 Å². The lowest BCUT2D eigenvalue weighted by molar-refractivity contribution is -0.135. The van der Waals surface area contributed by atoms with Gasteiger partial charge in [-0.1, -0.05) is 36.7 Å². The highest BCUT2D eigenvalue weighted by Crippen LogP contribution is 2.39. The molecule has 50 heavy (non-hydrogen) atoms. The number of hydrogen-bond acceptors (Lipinski definition) is 9. The van der Waals surface area contributed by atoms with Crippen molar-refractivity contribution in [1.82, 2.24) is 24.4 Å². The minimum absolute atomic E-state index is 0.0475. The number of aliphatic hydroxyl groups is 1. The van der Waals surface area contributed by atoms with Crippen LogP contribution in [-0.4, -0.2) is 101 Å². The van der Waals surface area contributed by atoms with Crippen LogP contribution in [0.3, 0.4) is 0 Å². The molecule has 4 aliphatic rings. The van der Waals surface area contributed by atoms with E-state index in [9.17, 15) is 27.9 Å². The van der Waals surface area contributed by atoms with Gasteiger partial charge < -0.3 is 25.4 Å². The Morgan fingerprint density at radius 2 is 1.84 bits per heavy atom. The number of amides is 3. The number of aromatic nitrogens is 1. The second-order valence-electron chi connectivity index (χ2n) is 13.4. The monoisotopic (exact) mass is 741 g/mol. The number of unbranched alkanes of at least 4 members (excludes halogenated alkanes) is 1. The van der Waals surface area contributed by atoms with Gasteiger partial charge in [0, 0.05) is 77.9 Å². The fourth-order valence-electron chi connectivity index (χ4n) is 7.36. The smallest absolute Gasteiger partial charge is 0.333 e. The van der Waals surface area contributed by atoms with Crippen LogP contribution in [0.25, 0.3) is 10.9 Å². The Labute approximate surface area is 300 Å². The lowest BCUT2D eigenvalue weighted by atomic mass is 9.92. The molecule has 4 fully saturated rings. The van der Waals surface area contributed by atoms with Crippen LogP contribution in [0.5, 0.6) is 0 Å². The van der Waals surface area contributed by atoms with Crippen molar-refractivity contribution in [1.29, 1.82) is 0 Å². The normalized spacial score (nSPS) is 24.7. The summed E-state index contributed by atoms with van der Waals surface area (Å²) >= 11 is 8.15. The van der Waals surface area contributed by atoms with Gasteiger partial charge in [-0.15, -0.1) is 0 Å². The number of esters is 1. The van der Waals surface area contributed by atoms with Crippen LogP contribution in [0, 0.1) is 5.92 Å². The van der Waals surface area contributed by atoms with E-state index in [4.69, 9.17) is 16.3 Å². The number of urea groups is 1. The first-order valence-corrected chi connectivity index (χ1v) is 19.7. The molecule has 5 unspecified atom stereocenters. The van der Waals surface area contributed by atoms with Gasteiger partial charge in [0.05, 0.1) is 34.5 Å². The van der Waals surface area contributed by atoms with Gasteiger partial charge in [0.25, 0.3) is 10.0 Å². The standard InChI is InChI=1S/C35H40ClN5O7S2/c1-21-27(19-48-34(21)44)33(43)26-18-41(29-11-8-23(36)16-25(26)29)50(46,47)24-9-6-22(7-10-24)17-39-12-14-40(15-13-39)31(42)5-3-2-4-30-32-28(20-49-30)37-35(45)38-32/h6-11,16,18,27-28,30,32-33,43H,1-5,12-15,17,19-20H2,(H2,37,38,45). The van der Waals surface area contributed by atoms with Crippen molar-refractivity contribution >= 4 is 62.2 Å². The van der Waals surface area contributed by atoms with Crippen LogP contribution < -0.4 is 10.6 Å². The fourth-order valence-corrected chi connectivity index (χ4v) is 10.5. The molecule has 5 heterocycles. The van der Waals surface area contributed by atoms with Gasteiger partial charge >= 0.3 is 12.0 Å². The number of hydrogen-bond donors (Lipinski definition) is 3. The maximum absolute atomic E-state index is 13.9. The van der Waals surface area contributed by atoms with E-state index in [0.29, 0.717) is 52.8 Å². The van der Waals surface area contributed by atoms with E-state index in [-0.39, 0.29) is 41.1 Å². The van der Waals surface area contributed by atoms with Crippen LogP contribution in [0.4, 0.5) is 4.79 Å². The number of nitrogens with one attached hydrogen (secondary N) is 2. The van der Waals surface area contributed by atoms with Gasteiger partial charge in [-0.25, -0.2) is 22.0 Å². The average Bonchev–Trinajstić information content (AvgIpc) is 3.86. The number of benzene rings is 2. The maximum Gasteiger partial charge on any atom is 0.333 e. The molecule has 3 aromatic rings. The van der Waals surface area contributed by atoms with E-state index in [1.807, 2.05) is 16.7 Å². The Hall–Kier alpha value is -3.56. The summed E-state index contributed by atoms with van der Waals surface area (Å²) in [4.78, 5) is 40.7. The lowest BCUT2D eigenvalue weighted by Crippen LogP contribution is -2.48. The highest BCUT2D eigenvalue weighted by atomic mass is 35.5. The summed E-state index contributed by atoms with van der Waals surface area (Å²) in [5, 5.41) is 18.4. The number of nitrogens with zero attached hydrogens (tertiary/aromatic N) is 3. The lowest BCUT2D eigenvalue weighted by Gasteiger charge is -2.35. The summed E-state index contributed by atoms with van der Waals surface area (Å²) in [5.41, 5.74) is 1.74. The second kappa shape index (κ2) is 14.2. The Balaban J connectivity index is 0.930. The van der Waals surface area contributed by atoms with Crippen LogP contribution >= 0.6 is 23.4 Å². The number of cyclic esters (lactones) is 1. The predicted molar refractivity (Wildman–Crippen MR) is 190 cm³/mol. The number of piperazine rings is 1. The van der Waals surface area contributed by atoms with E-state index in [1.54, 1.807) is 42.5 Å². The molecule has 7 rings (SSSR count). The molecule has 4 aliphatic heterocycles. The van der Waals surface area contributed by atoms with Crippen molar-refractivity contribution in [3.63, 3.8) is 0 Å². The third-order valence-corrected chi connectivity index (χ3v) is 13.7. The Morgan fingerprint density at radius 1 is 1.08 bits per heavy atom. The summed E-state index contributed by atoms with van der Waals surface area (Å²) in [6.07, 6.45) is 3.47. The fraction of sp³-hybridized carbons (Fsp3) is 0.457. The highest BCUT2D eigenvalue weighted by molar-refractivity contribution is 8.00. The molecular formula is C35H40ClN5O7S2. The average molecular weight is 742 g/mol. The number of ether oxygens (including phenoxy) is 1. The molecule has 12 nitrogen and oxygen atoms in total. The van der Waals surface area contributed by atoms with Gasteiger partial charge in [0.15, 0.2) is 0 Å². The molecular weight excluding hydrogens is 702 g/mol. The number of fused-ring (bicyclic) bond motifs is 2. The molecule has 0 aliphatic carbocycles. The van der Waals surface area contributed by atoms with Crippen molar-refractivity contribution in [3.05, 3.63) is 77.0 Å². The molecule has 1 aromatic heterocycles. The predicted octanol–water partition coefficient (Wildman–Crippen LogP) is 3.66. The molecule has 5 atom stereocenters. The van der Waals surface area contributed by atoms with Crippen molar-refractivity contribution in [3.8, 4) is 0 Å². The van der Waals surface area contributed by atoms with Gasteiger partial charge in [-0.05, 0) is 48.7 Å². The summed E-state index contributed by atoms with van der Waals surface area (Å²) in [6, 6.07) is 11.9. The third-order valence-electron chi connectivity index (χ3n) is 10.2. The largest absolute Gasteiger partial charge is 0.462 e. The number of aliphatic hydroxyl groups excluding tert-OH is 1. The highest BCUT2D eigenvalue weighted by Gasteiger charge is 2.42. The molecule has 0 saturated carbocycles. The zero-order valence-electron chi connectivity index (χ0n) is 27.4. The molecule has 0 bridgehead atoms. The number of thioether (sulfide) groups is 1. The molecule has 3 N–H and O–H groups in total. The van der Waals surface area contributed by atoms with E-state index >= 15 is 0 Å². The molecule has 2 aromatic carbocycles. The topological polar surface area (TPSA) is 150 Å². The van der Waals surface area contributed by atoms with Crippen molar-refractivity contribution < 1.29 is 32.6 Å². The van der Waals surface area contributed by atoms with Crippen LogP contribution in [-0.2, 0) is 30.9 Å². The molecule has 15 heteroatoms. The minimum atomic E-state index is -4.06. The van der Waals surface area contributed by atoms with E-state index in [2.05, 4.69) is 22.1 Å². The summed E-state index contributed by atoms with van der Waals surface area (Å²) in [6.45, 7) is 7.08. The zero-order valence-corrected chi connectivity index (χ0v) is 29.8. The quantitative estimate of drug-likeness (QED) is 0.116. The van der Waals surface area contributed by atoms with E-state index in [1.165, 1.54) is 6.20 Å². The van der Waals surface area contributed by atoms with Crippen LogP contribution in [0.1, 0.15) is 42.9 Å². The maximum atomic E-state index is 13.9. The van der Waals surface area contributed by atoms with Crippen molar-refractivity contribution in [2.75, 3.05) is 38.5 Å². The molecule has 3 amide bonds. The minimum Gasteiger partial charge on any atom is -0.462 e. The summed E-state index contributed by atoms with van der Waals surface area (Å²) in [5.74, 6) is -0.178. The van der Waals surface area contributed by atoms with Gasteiger partial charge in [0.1, 0.15) is 6.61 Å². The van der Waals surface area contributed by atoms with Gasteiger partial charge in [0.2, 0.25) is 5.91 Å². The van der Waals surface area contributed by atoms with Gasteiger partial charge in [-0.3, -0.25) is 9.69 Å². The Kier molecular flexibility index (Phi) is 9.92. The van der Waals surface area contributed by atoms with Gasteiger partial charge in [-0.2, -0.15) is 11.8 Å². The SMILES string of the molecule is C=C1C(=O)OCC1C(O)c1cn(S(=O)(=O)c2ccc(CN3CCN(C(=O)CCCCC4SCC5NC(=O)NC54)CC3)cc2)c2ccc(Cl)cc12. The molecule has 0 spiro atoms. The summed E-state index contributed by atoms with van der Waals surface area (Å²) < 4.78 is 34.0. The first-order chi connectivity index (χ1) is 24.0. The summed E-state index contributed by atoms with van der Waals surface area (Å²) in [7, 11) is -4.06. The molecule has 4 saturated heterocycles. The number of rotatable bonds is 11. The van der Waals surface area contributed by atoms with Crippen LogP contribution in [0.15, 0.2) is 65.7 Å². The first-order valence-electron chi connectivity index (χ1n) is 16.9. The molecule has 0 radical (unpaired) electrons. The zero-order chi connectivity index (χ0) is 35.2. The van der Waals surface area contributed by atoms with Crippen molar-refractivity contribution in [2.24, 2.45) is 5.92 Å². The van der Waals surface area contributed by atoms with E-state index in [0.717, 1.165) is 47.6 Å². The Morgan fingerprint density at radius 3 is 2.56 bits per heavy atom. The number of halogens is 1. The number of carbonyl (C=O) groups is 3.